The van der Waals surface area contributed by atoms with Crippen LogP contribution in [0.3, 0.4) is 0 Å². The lowest BCUT2D eigenvalue weighted by molar-refractivity contribution is 0.100. The smallest absolute Gasteiger partial charge is 0.248 e. The van der Waals surface area contributed by atoms with Crippen molar-refractivity contribution in [1.82, 2.24) is 9.97 Å². The molecule has 19 heavy (non-hydrogen) atoms. The average Bonchev–Trinajstić information content (AvgIpc) is 2.78. The molecule has 0 unspecified atom stereocenters. The Hall–Kier alpha value is -2.62. The molecule has 0 bridgehead atoms. The van der Waals surface area contributed by atoms with Crippen LogP contribution in [-0.4, -0.2) is 15.9 Å². The van der Waals surface area contributed by atoms with Crippen LogP contribution in [-0.2, 0) is 0 Å². The van der Waals surface area contributed by atoms with E-state index in [0.717, 1.165) is 28.0 Å². The fourth-order valence-corrected chi connectivity index (χ4v) is 2.23. The maximum Gasteiger partial charge on any atom is 0.248 e. The quantitative estimate of drug-likeness (QED) is 0.735. The normalized spacial score (nSPS) is 10.8. The topological polar surface area (TPSA) is 71.8 Å². The van der Waals surface area contributed by atoms with E-state index in [1.165, 1.54) is 0 Å². The predicted molar refractivity (Wildman–Crippen MR) is 74.8 cm³/mol. The first-order valence-corrected chi connectivity index (χ1v) is 6.01. The van der Waals surface area contributed by atoms with E-state index >= 15 is 0 Å². The first kappa shape index (κ1) is 11.5. The summed E-state index contributed by atoms with van der Waals surface area (Å²) in [7, 11) is 0. The Morgan fingerprint density at radius 3 is 2.79 bits per heavy atom. The number of hydrogen-bond acceptors (Lipinski definition) is 2. The number of para-hydroxylation sites is 1. The third-order valence-corrected chi connectivity index (χ3v) is 3.09. The van der Waals surface area contributed by atoms with E-state index in [9.17, 15) is 4.79 Å². The molecule has 3 aromatic rings. The fraction of sp³-hybridized carbons (Fsp3) is 0.0667. The molecule has 0 saturated heterocycles. The summed E-state index contributed by atoms with van der Waals surface area (Å²) < 4.78 is 0. The number of hydrogen-bond donors (Lipinski definition) is 2. The number of carbonyl (C=O) groups excluding carboxylic acids is 1. The molecular weight excluding hydrogens is 238 g/mol. The Bertz CT molecular complexity index is 774. The van der Waals surface area contributed by atoms with E-state index in [4.69, 9.17) is 5.73 Å². The number of imidazole rings is 1. The number of fused-ring (bicyclic) bond motifs is 1. The Kier molecular flexibility index (Phi) is 2.56. The summed E-state index contributed by atoms with van der Waals surface area (Å²) >= 11 is 0. The number of nitrogens with two attached hydrogens (primary N) is 1. The van der Waals surface area contributed by atoms with Gasteiger partial charge in [0.05, 0.1) is 11.0 Å². The summed E-state index contributed by atoms with van der Waals surface area (Å²) in [5.41, 5.74) is 9.64. The van der Waals surface area contributed by atoms with Gasteiger partial charge in [0, 0.05) is 11.1 Å². The summed E-state index contributed by atoms with van der Waals surface area (Å²) in [5.74, 6) is 0.445. The third kappa shape index (κ3) is 1.97. The molecule has 0 saturated carbocycles. The third-order valence-electron chi connectivity index (χ3n) is 3.09. The minimum atomic E-state index is -0.424. The lowest BCUT2D eigenvalue weighted by atomic mass is 10.0. The number of benzene rings is 2. The molecule has 0 fully saturated rings. The van der Waals surface area contributed by atoms with Crippen LogP contribution < -0.4 is 5.73 Å². The molecule has 0 radical (unpaired) electrons. The van der Waals surface area contributed by atoms with Gasteiger partial charge in [0.15, 0.2) is 0 Å². The Morgan fingerprint density at radius 2 is 2.00 bits per heavy atom. The molecule has 3 rings (SSSR count). The number of primary amides is 1. The molecule has 0 aliphatic carbocycles. The zero-order chi connectivity index (χ0) is 13.4. The molecule has 0 atom stereocenters. The molecule has 4 nitrogen and oxygen atoms in total. The van der Waals surface area contributed by atoms with Gasteiger partial charge in [-0.2, -0.15) is 0 Å². The van der Waals surface area contributed by atoms with Crippen molar-refractivity contribution in [2.45, 2.75) is 6.92 Å². The lowest BCUT2D eigenvalue weighted by Crippen LogP contribution is -2.10. The van der Waals surface area contributed by atoms with Crippen LogP contribution in [0.2, 0.25) is 0 Å². The fourth-order valence-electron chi connectivity index (χ4n) is 2.23. The Morgan fingerprint density at radius 1 is 1.21 bits per heavy atom. The highest BCUT2D eigenvalue weighted by molar-refractivity contribution is 5.97. The number of aromatic nitrogens is 2. The molecule has 94 valence electrons. The van der Waals surface area contributed by atoms with Crippen LogP contribution in [0.25, 0.3) is 22.2 Å². The molecular formula is C15H13N3O. The number of nitrogens with one attached hydrogen (secondary N) is 1. The van der Waals surface area contributed by atoms with E-state index in [0.29, 0.717) is 5.56 Å². The van der Waals surface area contributed by atoms with Gasteiger partial charge in [0.1, 0.15) is 5.82 Å². The minimum absolute atomic E-state index is 0.424. The van der Waals surface area contributed by atoms with Gasteiger partial charge >= 0.3 is 0 Å². The maximum atomic E-state index is 11.3. The molecule has 1 aromatic heterocycles. The van der Waals surface area contributed by atoms with Gasteiger partial charge in [0.25, 0.3) is 0 Å². The number of rotatable bonds is 2. The van der Waals surface area contributed by atoms with E-state index in [1.807, 2.05) is 37.3 Å². The predicted octanol–water partition coefficient (Wildman–Crippen LogP) is 2.64. The number of amides is 1. The summed E-state index contributed by atoms with van der Waals surface area (Å²) in [6.07, 6.45) is 0. The maximum absolute atomic E-state index is 11.3. The van der Waals surface area contributed by atoms with Crippen molar-refractivity contribution >= 4 is 16.9 Å². The van der Waals surface area contributed by atoms with Crippen molar-refractivity contribution in [1.29, 1.82) is 0 Å². The Labute approximate surface area is 110 Å². The molecule has 1 amide bonds. The first-order valence-electron chi connectivity index (χ1n) is 6.01. The van der Waals surface area contributed by atoms with Gasteiger partial charge in [-0.05, 0) is 30.7 Å². The first-order chi connectivity index (χ1) is 9.15. The highest BCUT2D eigenvalue weighted by Gasteiger charge is 2.09. The van der Waals surface area contributed by atoms with Gasteiger partial charge in [-0.25, -0.2) is 4.98 Å². The van der Waals surface area contributed by atoms with Crippen LogP contribution in [0, 0.1) is 6.92 Å². The van der Waals surface area contributed by atoms with Gasteiger partial charge in [-0.1, -0.05) is 24.3 Å². The molecule has 2 aromatic carbocycles. The zero-order valence-corrected chi connectivity index (χ0v) is 10.5. The van der Waals surface area contributed by atoms with E-state index < -0.39 is 5.91 Å². The van der Waals surface area contributed by atoms with Crippen molar-refractivity contribution in [3.63, 3.8) is 0 Å². The molecule has 4 heteroatoms. The van der Waals surface area contributed by atoms with Crippen molar-refractivity contribution in [3.05, 3.63) is 53.9 Å². The second-order valence-electron chi connectivity index (χ2n) is 4.47. The number of aromatic amines is 1. The van der Waals surface area contributed by atoms with E-state index in [-0.39, 0.29) is 0 Å². The summed E-state index contributed by atoms with van der Waals surface area (Å²) in [4.78, 5) is 18.9. The lowest BCUT2D eigenvalue weighted by Gasteiger charge is -2.04. The largest absolute Gasteiger partial charge is 0.366 e. The molecule has 1 heterocycles. The monoisotopic (exact) mass is 251 g/mol. The second kappa shape index (κ2) is 4.24. The number of aryl methyl sites for hydroxylation is 1. The van der Waals surface area contributed by atoms with Crippen LogP contribution in [0.15, 0.2) is 42.5 Å². The minimum Gasteiger partial charge on any atom is -0.366 e. The van der Waals surface area contributed by atoms with Crippen LogP contribution in [0.4, 0.5) is 0 Å². The van der Waals surface area contributed by atoms with Gasteiger partial charge in [-0.3, -0.25) is 4.79 Å². The molecule has 0 aliphatic rings. The number of carbonyl (C=O) groups is 1. The van der Waals surface area contributed by atoms with Gasteiger partial charge < -0.3 is 10.7 Å². The van der Waals surface area contributed by atoms with Gasteiger partial charge in [0.2, 0.25) is 5.91 Å². The van der Waals surface area contributed by atoms with Crippen LogP contribution in [0.5, 0.6) is 0 Å². The highest BCUT2D eigenvalue weighted by Crippen LogP contribution is 2.27. The number of H-pyrrole nitrogens is 1. The SMILES string of the molecule is Cc1nc2c(-c3cccc(C(N)=O)c3)cccc2[nH]1. The zero-order valence-electron chi connectivity index (χ0n) is 10.5. The van der Waals surface area contributed by atoms with Gasteiger partial charge in [-0.15, -0.1) is 0 Å². The van der Waals surface area contributed by atoms with Crippen molar-refractivity contribution in [2.75, 3.05) is 0 Å². The highest BCUT2D eigenvalue weighted by atomic mass is 16.1. The number of nitrogens with zero attached hydrogens (tertiary/aromatic N) is 1. The summed E-state index contributed by atoms with van der Waals surface area (Å²) in [6, 6.07) is 13.2. The molecule has 0 aliphatic heterocycles. The summed E-state index contributed by atoms with van der Waals surface area (Å²) in [6.45, 7) is 1.92. The van der Waals surface area contributed by atoms with Crippen molar-refractivity contribution in [2.24, 2.45) is 5.73 Å². The molecule has 3 N–H and O–H groups in total. The standard InChI is InChI=1S/C15H13N3O/c1-9-17-13-7-3-6-12(14(13)18-9)10-4-2-5-11(8-10)15(16)19/h2-8H,1H3,(H2,16,19)(H,17,18). The van der Waals surface area contributed by atoms with E-state index in [2.05, 4.69) is 9.97 Å². The Balaban J connectivity index is 2.24. The molecule has 0 spiro atoms. The van der Waals surface area contributed by atoms with Crippen molar-refractivity contribution < 1.29 is 4.79 Å². The average molecular weight is 251 g/mol. The van der Waals surface area contributed by atoms with E-state index in [1.54, 1.807) is 12.1 Å². The summed E-state index contributed by atoms with van der Waals surface area (Å²) in [5, 5.41) is 0. The second-order valence-corrected chi connectivity index (χ2v) is 4.47. The van der Waals surface area contributed by atoms with Crippen LogP contribution in [0.1, 0.15) is 16.2 Å². The van der Waals surface area contributed by atoms with Crippen molar-refractivity contribution in [3.8, 4) is 11.1 Å². The van der Waals surface area contributed by atoms with Crippen LogP contribution >= 0.6 is 0 Å².